The maximum absolute atomic E-state index is 14.8. The zero-order valence-corrected chi connectivity index (χ0v) is 24.3. The second kappa shape index (κ2) is 10.4. The molecule has 4 aliphatic carbocycles. The van der Waals surface area contributed by atoms with Gasteiger partial charge in [-0.2, -0.15) is 13.2 Å². The van der Waals surface area contributed by atoms with Gasteiger partial charge in [0, 0.05) is 31.0 Å². The van der Waals surface area contributed by atoms with Gasteiger partial charge in [0.1, 0.15) is 22.8 Å². The highest BCUT2D eigenvalue weighted by Crippen LogP contribution is 2.54. The summed E-state index contributed by atoms with van der Waals surface area (Å²) < 4.78 is 44.4. The number of phenols is 1. The van der Waals surface area contributed by atoms with E-state index in [0.717, 1.165) is 25.3 Å². The lowest BCUT2D eigenvalue weighted by molar-refractivity contribution is -0.147. The second-order valence-corrected chi connectivity index (χ2v) is 13.7. The van der Waals surface area contributed by atoms with Crippen LogP contribution >= 0.6 is 0 Å². The van der Waals surface area contributed by atoms with Gasteiger partial charge >= 0.3 is 6.18 Å². The number of nitrogens with two attached hydrogens (primary N) is 1. The minimum Gasteiger partial charge on any atom is -0.508 e. The van der Waals surface area contributed by atoms with Crippen molar-refractivity contribution in [3.63, 3.8) is 0 Å². The van der Waals surface area contributed by atoms with Crippen LogP contribution in [0.25, 0.3) is 5.76 Å². The Labute approximate surface area is 246 Å². The first-order valence-corrected chi connectivity index (χ1v) is 14.5. The number of hydrogen-bond donors (Lipinski definition) is 5. The average Bonchev–Trinajstić information content (AvgIpc) is 3.67. The lowest BCUT2D eigenvalue weighted by Gasteiger charge is -2.46. The molecule has 0 saturated heterocycles. The third kappa shape index (κ3) is 5.43. The van der Waals surface area contributed by atoms with Gasteiger partial charge in [0.15, 0.2) is 11.4 Å². The molecule has 234 valence electrons. The second-order valence-electron chi connectivity index (χ2n) is 13.7. The predicted molar refractivity (Wildman–Crippen MR) is 148 cm³/mol. The van der Waals surface area contributed by atoms with Crippen molar-refractivity contribution in [2.45, 2.75) is 77.6 Å². The van der Waals surface area contributed by atoms with Crippen LogP contribution in [0.4, 0.5) is 13.2 Å². The number of fused-ring (bicyclic) bond motifs is 3. The number of primary amides is 1. The van der Waals surface area contributed by atoms with Crippen LogP contribution in [0.3, 0.4) is 0 Å². The fraction of sp³-hybridized carbons (Fsp3) is 0.581. The number of ketones is 2. The largest absolute Gasteiger partial charge is 0.508 e. The van der Waals surface area contributed by atoms with E-state index in [-0.39, 0.29) is 29.5 Å². The van der Waals surface area contributed by atoms with Gasteiger partial charge in [-0.3, -0.25) is 19.3 Å². The standard InChI is InChI=1S/C31H37F3N2O7/c1-29(2,3)6-7-36(12-14-4-5-14)13-16-10-19(37)22-18(24(16)31(32,33)34)9-15-8-17-11-20(38)23(28(35)42)27(41)30(17,43)26(40)21(15)25(22)39/h10,14-15,17,37,39,41,43H,4-9,11-13H2,1-3H3,(H2,35,42)/t15?,17-,30-/m0/s1. The third-order valence-corrected chi connectivity index (χ3v) is 9.22. The molecule has 4 aliphatic rings. The summed E-state index contributed by atoms with van der Waals surface area (Å²) in [6.45, 7) is 7.26. The van der Waals surface area contributed by atoms with Crippen molar-refractivity contribution >= 4 is 23.2 Å². The molecule has 9 nitrogen and oxygen atoms in total. The summed E-state index contributed by atoms with van der Waals surface area (Å²) in [5.74, 6) is -8.25. The van der Waals surface area contributed by atoms with Crippen LogP contribution in [0.1, 0.15) is 75.1 Å². The van der Waals surface area contributed by atoms with E-state index < -0.39 is 93.5 Å². The Morgan fingerprint density at radius 2 is 1.77 bits per heavy atom. The number of aliphatic hydroxyl groups excluding tert-OH is 2. The molecule has 43 heavy (non-hydrogen) atoms. The summed E-state index contributed by atoms with van der Waals surface area (Å²) in [6, 6.07) is 0.975. The van der Waals surface area contributed by atoms with Crippen LogP contribution in [0, 0.1) is 23.2 Å². The summed E-state index contributed by atoms with van der Waals surface area (Å²) in [4.78, 5) is 40.0. The molecule has 12 heteroatoms. The number of nitrogens with zero attached hydrogens (tertiary/aromatic N) is 1. The van der Waals surface area contributed by atoms with Crippen molar-refractivity contribution in [1.29, 1.82) is 0 Å². The molecule has 0 heterocycles. The summed E-state index contributed by atoms with van der Waals surface area (Å²) in [7, 11) is 0. The minimum absolute atomic E-state index is 0.0442. The van der Waals surface area contributed by atoms with Crippen molar-refractivity contribution in [3.8, 4) is 5.75 Å². The zero-order chi connectivity index (χ0) is 31.8. The van der Waals surface area contributed by atoms with Gasteiger partial charge < -0.3 is 26.2 Å². The van der Waals surface area contributed by atoms with Gasteiger partial charge in [-0.05, 0) is 73.1 Å². The molecule has 0 aromatic heterocycles. The maximum atomic E-state index is 14.8. The highest BCUT2D eigenvalue weighted by molar-refractivity contribution is 6.22. The first kappa shape index (κ1) is 31.1. The van der Waals surface area contributed by atoms with Crippen molar-refractivity contribution in [2.75, 3.05) is 13.1 Å². The average molecular weight is 607 g/mol. The number of benzene rings is 1. The van der Waals surface area contributed by atoms with Gasteiger partial charge in [-0.1, -0.05) is 20.8 Å². The molecule has 0 radical (unpaired) electrons. The number of halogens is 3. The van der Waals surface area contributed by atoms with E-state index in [1.54, 1.807) is 0 Å². The van der Waals surface area contributed by atoms with Crippen LogP contribution in [-0.2, 0) is 33.5 Å². The van der Waals surface area contributed by atoms with Crippen molar-refractivity contribution in [3.05, 3.63) is 45.2 Å². The SMILES string of the molecule is CC(C)(C)CCN(Cc1cc(O)c2c(c1C(F)(F)F)CC1C[C@H]3CC(=O)C(C(N)=O)=C(O)[C@@]3(O)C(=O)C1=C2O)CC1CC1. The molecule has 0 aliphatic heterocycles. The molecule has 3 atom stereocenters. The van der Waals surface area contributed by atoms with Gasteiger partial charge in [0.25, 0.3) is 5.91 Å². The topological polar surface area (TPSA) is 161 Å². The first-order valence-electron chi connectivity index (χ1n) is 14.5. The van der Waals surface area contributed by atoms with Crippen LogP contribution < -0.4 is 5.73 Å². The fourth-order valence-corrected chi connectivity index (χ4v) is 6.87. The van der Waals surface area contributed by atoms with Crippen molar-refractivity contribution in [2.24, 2.45) is 28.9 Å². The predicted octanol–water partition coefficient (Wildman–Crippen LogP) is 4.09. The van der Waals surface area contributed by atoms with E-state index in [4.69, 9.17) is 5.73 Å². The number of hydrogen-bond acceptors (Lipinski definition) is 8. The minimum atomic E-state index is -4.86. The van der Waals surface area contributed by atoms with Crippen molar-refractivity contribution < 1.29 is 48.0 Å². The number of phenolic OH excluding ortho intramolecular Hbond substituents is 1. The molecule has 1 unspecified atom stereocenters. The Bertz CT molecular complexity index is 1470. The van der Waals surface area contributed by atoms with E-state index in [9.17, 15) is 48.0 Å². The van der Waals surface area contributed by atoms with Gasteiger partial charge in [-0.15, -0.1) is 0 Å². The number of Topliss-reactive ketones (excluding diaryl/α,β-unsaturated/α-hetero) is 2. The zero-order valence-electron chi connectivity index (χ0n) is 24.3. The summed E-state index contributed by atoms with van der Waals surface area (Å²) >= 11 is 0. The Morgan fingerprint density at radius 3 is 2.33 bits per heavy atom. The normalized spacial score (nSPS) is 26.0. The fourth-order valence-electron chi connectivity index (χ4n) is 6.87. The summed E-state index contributed by atoms with van der Waals surface area (Å²) in [5.41, 5.74) is -1.12. The lowest BCUT2D eigenvalue weighted by atomic mass is 9.59. The van der Waals surface area contributed by atoms with E-state index in [1.165, 1.54) is 0 Å². The molecule has 2 saturated carbocycles. The monoisotopic (exact) mass is 606 g/mol. The van der Waals surface area contributed by atoms with E-state index in [1.807, 2.05) is 4.90 Å². The number of amides is 1. The number of rotatable bonds is 7. The molecule has 0 spiro atoms. The molecule has 1 aromatic rings. The first-order chi connectivity index (χ1) is 19.8. The molecule has 6 N–H and O–H groups in total. The van der Waals surface area contributed by atoms with Gasteiger partial charge in [-0.25, -0.2) is 0 Å². The van der Waals surface area contributed by atoms with E-state index in [0.29, 0.717) is 19.0 Å². The molecular formula is C31H37F3N2O7. The molecule has 5 rings (SSSR count). The van der Waals surface area contributed by atoms with Crippen LogP contribution in [-0.4, -0.2) is 61.5 Å². The lowest BCUT2D eigenvalue weighted by Crippen LogP contribution is -2.58. The molecule has 1 aromatic carbocycles. The Hall–Kier alpha value is -3.38. The number of carbonyl (C=O) groups excluding carboxylic acids is 3. The summed E-state index contributed by atoms with van der Waals surface area (Å²) in [6.07, 6.45) is -3.31. The third-order valence-electron chi connectivity index (χ3n) is 9.22. The van der Waals surface area contributed by atoms with Crippen LogP contribution in [0.15, 0.2) is 23.0 Å². The van der Waals surface area contributed by atoms with Gasteiger partial charge in [0.2, 0.25) is 5.78 Å². The van der Waals surface area contributed by atoms with Crippen LogP contribution in [0.2, 0.25) is 0 Å². The van der Waals surface area contributed by atoms with Crippen LogP contribution in [0.5, 0.6) is 5.75 Å². The Kier molecular flexibility index (Phi) is 7.49. The Morgan fingerprint density at radius 1 is 1.12 bits per heavy atom. The Balaban J connectivity index is 1.61. The number of carbonyl (C=O) groups is 3. The van der Waals surface area contributed by atoms with E-state index >= 15 is 0 Å². The number of aromatic hydroxyl groups is 1. The smallest absolute Gasteiger partial charge is 0.417 e. The van der Waals surface area contributed by atoms with E-state index in [2.05, 4.69) is 20.8 Å². The molecule has 0 bridgehead atoms. The molecular weight excluding hydrogens is 569 g/mol. The highest BCUT2D eigenvalue weighted by Gasteiger charge is 2.60. The maximum Gasteiger partial charge on any atom is 0.417 e. The molecule has 1 amide bonds. The van der Waals surface area contributed by atoms with Crippen molar-refractivity contribution in [1.82, 2.24) is 4.90 Å². The van der Waals surface area contributed by atoms with Gasteiger partial charge in [0.05, 0.1) is 11.1 Å². The highest BCUT2D eigenvalue weighted by atomic mass is 19.4. The number of alkyl halides is 3. The quantitative estimate of drug-likeness (QED) is 0.290. The summed E-state index contributed by atoms with van der Waals surface area (Å²) in [5, 5.41) is 44.3. The number of aliphatic hydroxyl groups is 3. The molecule has 2 fully saturated rings.